The molecule has 2 aromatic carbocycles. The molecule has 0 aliphatic carbocycles. The molecule has 9 nitrogen and oxygen atoms in total. The highest BCUT2D eigenvalue weighted by molar-refractivity contribution is 6.42. The predicted molar refractivity (Wildman–Crippen MR) is 133 cm³/mol. The van der Waals surface area contributed by atoms with Crippen molar-refractivity contribution in [3.8, 4) is 11.5 Å². The third kappa shape index (κ3) is 5.86. The van der Waals surface area contributed by atoms with E-state index in [1.54, 1.807) is 18.2 Å². The van der Waals surface area contributed by atoms with E-state index in [-0.39, 0.29) is 41.1 Å². The maximum absolute atomic E-state index is 13.9. The van der Waals surface area contributed by atoms with Gasteiger partial charge in [0.15, 0.2) is 5.69 Å². The maximum Gasteiger partial charge on any atom is 0.433 e. The largest absolute Gasteiger partial charge is 0.497 e. The van der Waals surface area contributed by atoms with Gasteiger partial charge in [0.1, 0.15) is 23.1 Å². The fourth-order valence-electron chi connectivity index (χ4n) is 3.83. The van der Waals surface area contributed by atoms with Gasteiger partial charge in [0, 0.05) is 18.1 Å². The lowest BCUT2D eigenvalue weighted by atomic mass is 10.0. The highest BCUT2D eigenvalue weighted by Gasteiger charge is 2.37. The van der Waals surface area contributed by atoms with Crippen molar-refractivity contribution in [3.63, 3.8) is 0 Å². The van der Waals surface area contributed by atoms with E-state index in [2.05, 4.69) is 20.2 Å². The number of hydrogen-bond donors (Lipinski definition) is 2. The van der Waals surface area contributed by atoms with E-state index < -0.39 is 28.7 Å². The van der Waals surface area contributed by atoms with Crippen LogP contribution >= 0.6 is 23.2 Å². The van der Waals surface area contributed by atoms with Crippen molar-refractivity contribution in [1.82, 2.24) is 24.7 Å². The number of alkyl halides is 3. The second kappa shape index (κ2) is 10.9. The number of benzene rings is 2. The van der Waals surface area contributed by atoms with Gasteiger partial charge in [-0.2, -0.15) is 18.3 Å². The lowest BCUT2D eigenvalue weighted by Gasteiger charge is -2.14. The number of nitrogens with zero attached hydrogens (tertiary/aromatic N) is 3. The van der Waals surface area contributed by atoms with Crippen LogP contribution in [0.25, 0.3) is 0 Å². The number of halogens is 5. The van der Waals surface area contributed by atoms with E-state index in [0.717, 1.165) is 0 Å². The summed E-state index contributed by atoms with van der Waals surface area (Å²) in [6.07, 6.45) is -5.66. The van der Waals surface area contributed by atoms with Gasteiger partial charge in [-0.3, -0.25) is 9.36 Å². The minimum atomic E-state index is -4.92. The summed E-state index contributed by atoms with van der Waals surface area (Å²) in [5.74, 6) is 0.706. The summed E-state index contributed by atoms with van der Waals surface area (Å²) in [6.45, 7) is -0.0103. The zero-order valence-corrected chi connectivity index (χ0v) is 21.5. The molecule has 0 amide bonds. The van der Waals surface area contributed by atoms with Crippen LogP contribution < -0.4 is 20.7 Å². The molecule has 2 aromatic heterocycles. The molecule has 0 bridgehead atoms. The van der Waals surface area contributed by atoms with E-state index in [0.29, 0.717) is 22.6 Å². The normalized spacial score (nSPS) is 11.6. The molecule has 14 heteroatoms. The number of aromatic amines is 2. The zero-order chi connectivity index (χ0) is 27.6. The van der Waals surface area contributed by atoms with Crippen molar-refractivity contribution in [2.24, 2.45) is 0 Å². The van der Waals surface area contributed by atoms with Gasteiger partial charge in [-0.05, 0) is 29.8 Å². The lowest BCUT2D eigenvalue weighted by Crippen LogP contribution is -2.26. The molecule has 38 heavy (non-hydrogen) atoms. The summed E-state index contributed by atoms with van der Waals surface area (Å²) < 4.78 is 53.6. The van der Waals surface area contributed by atoms with Crippen molar-refractivity contribution in [3.05, 3.63) is 101 Å². The summed E-state index contributed by atoms with van der Waals surface area (Å²) in [5.41, 5.74) is -2.57. The number of hydrogen-bond acceptors (Lipinski definition) is 6. The van der Waals surface area contributed by atoms with Crippen LogP contribution in [0.2, 0.25) is 10.0 Å². The molecule has 0 saturated carbocycles. The Labute approximate surface area is 223 Å². The number of methoxy groups -OCH3 is 2. The first-order chi connectivity index (χ1) is 18.0. The Morgan fingerprint density at radius 1 is 1.00 bits per heavy atom. The van der Waals surface area contributed by atoms with Gasteiger partial charge in [-0.15, -0.1) is 0 Å². The average molecular weight is 570 g/mol. The number of aromatic nitrogens is 5. The van der Waals surface area contributed by atoms with Crippen molar-refractivity contribution < 1.29 is 22.6 Å². The molecule has 4 rings (SSSR count). The van der Waals surface area contributed by atoms with E-state index in [4.69, 9.17) is 32.7 Å². The first-order valence-corrected chi connectivity index (χ1v) is 11.7. The smallest absolute Gasteiger partial charge is 0.433 e. The van der Waals surface area contributed by atoms with Crippen LogP contribution in [0.5, 0.6) is 11.5 Å². The number of ether oxygens (including phenoxy) is 2. The fraction of sp³-hybridized carbons (Fsp3) is 0.250. The van der Waals surface area contributed by atoms with Crippen LogP contribution in [0.15, 0.2) is 46.0 Å². The van der Waals surface area contributed by atoms with Gasteiger partial charge in [0.2, 0.25) is 0 Å². The minimum absolute atomic E-state index is 0.0103. The Balaban J connectivity index is 1.69. The lowest BCUT2D eigenvalue weighted by molar-refractivity contribution is -0.142. The van der Waals surface area contributed by atoms with Gasteiger partial charge in [-0.1, -0.05) is 29.3 Å². The molecule has 0 spiro atoms. The molecular weight excluding hydrogens is 550 g/mol. The number of H-pyrrole nitrogens is 2. The Morgan fingerprint density at radius 3 is 2.42 bits per heavy atom. The minimum Gasteiger partial charge on any atom is -0.497 e. The Morgan fingerprint density at radius 2 is 1.76 bits per heavy atom. The highest BCUT2D eigenvalue weighted by atomic mass is 35.5. The molecule has 0 unspecified atom stereocenters. The Bertz CT molecular complexity index is 1600. The summed E-state index contributed by atoms with van der Waals surface area (Å²) in [4.78, 5) is 31.3. The van der Waals surface area contributed by atoms with Crippen LogP contribution in [0.4, 0.5) is 13.2 Å². The first-order valence-electron chi connectivity index (χ1n) is 11.0. The fourth-order valence-corrected chi connectivity index (χ4v) is 4.15. The van der Waals surface area contributed by atoms with Gasteiger partial charge in [-0.25, -0.2) is 14.9 Å². The molecular formula is C24H20Cl2F3N5O4. The van der Waals surface area contributed by atoms with E-state index >= 15 is 0 Å². The van der Waals surface area contributed by atoms with Crippen LogP contribution in [-0.2, 0) is 25.6 Å². The highest BCUT2D eigenvalue weighted by Crippen LogP contribution is 2.31. The quantitative estimate of drug-likeness (QED) is 0.328. The molecule has 4 aromatic rings. The summed E-state index contributed by atoms with van der Waals surface area (Å²) in [6, 6.07) is 9.26. The predicted octanol–water partition coefficient (Wildman–Crippen LogP) is 4.23. The molecule has 0 aliphatic heterocycles. The maximum atomic E-state index is 13.9. The first kappa shape index (κ1) is 27.3. The van der Waals surface area contributed by atoms with Crippen molar-refractivity contribution in [2.75, 3.05) is 14.2 Å². The van der Waals surface area contributed by atoms with Crippen LogP contribution in [0.3, 0.4) is 0 Å². The molecule has 200 valence electrons. The van der Waals surface area contributed by atoms with E-state index in [1.165, 1.54) is 37.0 Å². The average Bonchev–Trinajstić information content (AvgIpc) is 3.21. The summed E-state index contributed by atoms with van der Waals surface area (Å²) in [7, 11) is 2.94. The van der Waals surface area contributed by atoms with Gasteiger partial charge in [0.25, 0.3) is 5.56 Å². The molecule has 2 heterocycles. The van der Waals surface area contributed by atoms with Gasteiger partial charge in [0.05, 0.1) is 42.8 Å². The van der Waals surface area contributed by atoms with E-state index in [9.17, 15) is 22.8 Å². The zero-order valence-electron chi connectivity index (χ0n) is 19.9. The number of nitrogens with one attached hydrogen (secondary N) is 2. The molecule has 2 N–H and O–H groups in total. The van der Waals surface area contributed by atoms with Gasteiger partial charge < -0.3 is 14.5 Å². The van der Waals surface area contributed by atoms with E-state index in [1.807, 2.05) is 0 Å². The molecule has 0 saturated heterocycles. The third-order valence-corrected chi connectivity index (χ3v) is 6.42. The second-order valence-corrected chi connectivity index (χ2v) is 8.96. The van der Waals surface area contributed by atoms with Gasteiger partial charge >= 0.3 is 11.9 Å². The van der Waals surface area contributed by atoms with Crippen molar-refractivity contribution >= 4 is 23.2 Å². The van der Waals surface area contributed by atoms with Crippen molar-refractivity contribution in [2.45, 2.75) is 25.6 Å². The standard InChI is InChI=1S/C24H20Cl2F3N5O4/c1-37-14-5-4-13(18(9-14)38-2)11-34-20(32-33-23(34)36)10-19-30-21(24(27,28)29)15(22(35)31-19)7-12-3-6-16(25)17(26)8-12/h3-6,8-9H,7,10-11H2,1-2H3,(H,33,36)(H,30,31,35). The molecule has 0 atom stereocenters. The molecule has 0 radical (unpaired) electrons. The summed E-state index contributed by atoms with van der Waals surface area (Å²) >= 11 is 11.8. The Hall–Kier alpha value is -3.77. The SMILES string of the molecule is COc1ccc(Cn2c(Cc3nc(C(F)(F)F)c(Cc4ccc(Cl)c(Cl)c4)c(=O)[nH]3)n[nH]c2=O)c(OC)c1. The molecule has 0 aliphatic rings. The molecule has 0 fully saturated rings. The number of rotatable bonds is 8. The topological polar surface area (TPSA) is 115 Å². The van der Waals surface area contributed by atoms with Crippen LogP contribution in [-0.4, -0.2) is 39.0 Å². The summed E-state index contributed by atoms with van der Waals surface area (Å²) in [5, 5.41) is 6.56. The van der Waals surface area contributed by atoms with Crippen LogP contribution in [0, 0.1) is 0 Å². The third-order valence-electron chi connectivity index (χ3n) is 5.68. The second-order valence-electron chi connectivity index (χ2n) is 8.15. The van der Waals surface area contributed by atoms with Crippen LogP contribution in [0.1, 0.15) is 34.0 Å². The van der Waals surface area contributed by atoms with Crippen molar-refractivity contribution in [1.29, 1.82) is 0 Å². The monoisotopic (exact) mass is 569 g/mol. The Kier molecular flexibility index (Phi) is 7.83.